The molecular weight excluding hydrogens is 373 g/mol. The summed E-state index contributed by atoms with van der Waals surface area (Å²) in [5.74, 6) is -0.658. The maximum atomic E-state index is 12.6. The van der Waals surface area contributed by atoms with Gasteiger partial charge in [-0.1, -0.05) is 6.07 Å². The number of hydrogen-bond acceptors (Lipinski definition) is 4. The molecule has 10 heteroatoms. The van der Waals surface area contributed by atoms with Crippen molar-refractivity contribution in [3.8, 4) is 5.75 Å². The lowest BCUT2D eigenvalue weighted by atomic mass is 10.2. The Balaban J connectivity index is 1.91. The number of nitrogens with one attached hydrogen (secondary N) is 2. The minimum absolute atomic E-state index is 0.0809. The third-order valence-electron chi connectivity index (χ3n) is 3.00. The quantitative estimate of drug-likeness (QED) is 0.797. The number of alkyl halides is 3. The molecule has 0 atom stereocenters. The smallest absolute Gasteiger partial charge is 0.416 e. The number of rotatable bonds is 6. The van der Waals surface area contributed by atoms with E-state index in [0.29, 0.717) is 11.4 Å². The van der Waals surface area contributed by atoms with Gasteiger partial charge in [-0.3, -0.25) is 9.52 Å². The second kappa shape index (κ2) is 7.65. The number of benzene rings is 2. The minimum Gasteiger partial charge on any atom is -0.484 e. The lowest BCUT2D eigenvalue weighted by molar-refractivity contribution is -0.137. The Morgan fingerprint density at radius 1 is 1.08 bits per heavy atom. The fraction of sp³-hybridized carbons (Fsp3) is 0.188. The topological polar surface area (TPSA) is 84.5 Å². The van der Waals surface area contributed by atoms with Gasteiger partial charge in [0, 0.05) is 11.4 Å². The van der Waals surface area contributed by atoms with E-state index in [2.05, 4.69) is 10.0 Å². The Bertz CT molecular complexity index is 881. The van der Waals surface area contributed by atoms with Crippen LogP contribution < -0.4 is 14.8 Å². The van der Waals surface area contributed by atoms with Gasteiger partial charge in [-0.25, -0.2) is 8.42 Å². The number of ether oxygens (including phenoxy) is 1. The first-order chi connectivity index (χ1) is 12.0. The van der Waals surface area contributed by atoms with Gasteiger partial charge in [-0.2, -0.15) is 13.2 Å². The second-order valence-electron chi connectivity index (χ2n) is 5.31. The molecule has 2 aromatic carbocycles. The average Bonchev–Trinajstić information content (AvgIpc) is 2.53. The Morgan fingerprint density at radius 2 is 1.69 bits per heavy atom. The van der Waals surface area contributed by atoms with Crippen LogP contribution in [0, 0.1) is 0 Å². The van der Waals surface area contributed by atoms with E-state index >= 15 is 0 Å². The van der Waals surface area contributed by atoms with Crippen molar-refractivity contribution in [2.24, 2.45) is 0 Å². The Kier molecular flexibility index (Phi) is 5.76. The highest BCUT2D eigenvalue weighted by Crippen LogP contribution is 2.31. The maximum Gasteiger partial charge on any atom is 0.416 e. The molecule has 0 radical (unpaired) electrons. The fourth-order valence-corrected chi connectivity index (χ4v) is 2.51. The van der Waals surface area contributed by atoms with Gasteiger partial charge in [0.05, 0.1) is 11.8 Å². The maximum absolute atomic E-state index is 12.6. The Morgan fingerprint density at radius 3 is 2.27 bits per heavy atom. The molecule has 0 aliphatic heterocycles. The molecule has 0 bridgehead atoms. The lowest BCUT2D eigenvalue weighted by Gasteiger charge is -2.11. The molecule has 0 aromatic heterocycles. The molecule has 0 unspecified atom stereocenters. The van der Waals surface area contributed by atoms with Crippen molar-refractivity contribution >= 4 is 27.3 Å². The molecular formula is C16H15F3N2O4S. The zero-order valence-electron chi connectivity index (χ0n) is 13.5. The fourth-order valence-electron chi connectivity index (χ4n) is 1.94. The molecule has 0 saturated heterocycles. The SMILES string of the molecule is CS(=O)(=O)Nc1ccc(NC(=O)COc2cccc(C(F)(F)F)c2)cc1. The number of hydrogen-bond donors (Lipinski definition) is 2. The highest BCUT2D eigenvalue weighted by atomic mass is 32.2. The van der Waals surface area contributed by atoms with Gasteiger partial charge >= 0.3 is 6.18 Å². The van der Waals surface area contributed by atoms with Gasteiger partial charge in [0.25, 0.3) is 5.91 Å². The van der Waals surface area contributed by atoms with Crippen LogP contribution >= 0.6 is 0 Å². The summed E-state index contributed by atoms with van der Waals surface area (Å²) in [4.78, 5) is 11.8. The molecule has 140 valence electrons. The van der Waals surface area contributed by atoms with Crippen molar-refractivity contribution in [1.29, 1.82) is 0 Å². The molecule has 0 aliphatic carbocycles. The molecule has 0 spiro atoms. The molecule has 26 heavy (non-hydrogen) atoms. The average molecular weight is 388 g/mol. The van der Waals surface area contributed by atoms with Crippen molar-refractivity contribution in [1.82, 2.24) is 0 Å². The lowest BCUT2D eigenvalue weighted by Crippen LogP contribution is -2.20. The molecule has 0 aliphatic rings. The molecule has 0 saturated carbocycles. The number of anilines is 2. The van der Waals surface area contributed by atoms with Gasteiger partial charge < -0.3 is 10.1 Å². The zero-order valence-corrected chi connectivity index (χ0v) is 14.3. The first-order valence-corrected chi connectivity index (χ1v) is 9.10. The van der Waals surface area contributed by atoms with E-state index in [0.717, 1.165) is 18.4 Å². The van der Waals surface area contributed by atoms with Gasteiger partial charge in [0.15, 0.2) is 6.61 Å². The summed E-state index contributed by atoms with van der Waals surface area (Å²) in [5.41, 5.74) is -0.170. The van der Waals surface area contributed by atoms with Gasteiger partial charge in [0.2, 0.25) is 10.0 Å². The molecule has 1 amide bonds. The normalized spacial score (nSPS) is 11.7. The minimum atomic E-state index is -4.50. The third-order valence-corrected chi connectivity index (χ3v) is 3.61. The second-order valence-corrected chi connectivity index (χ2v) is 7.06. The van der Waals surface area contributed by atoms with Crippen molar-refractivity contribution in [3.05, 3.63) is 54.1 Å². The van der Waals surface area contributed by atoms with E-state index in [1.807, 2.05) is 0 Å². The van der Waals surface area contributed by atoms with Crippen molar-refractivity contribution < 1.29 is 31.1 Å². The molecule has 6 nitrogen and oxygen atoms in total. The van der Waals surface area contributed by atoms with E-state index in [4.69, 9.17) is 4.74 Å². The predicted octanol–water partition coefficient (Wildman–Crippen LogP) is 3.09. The third kappa shape index (κ3) is 6.28. The van der Waals surface area contributed by atoms with E-state index in [1.54, 1.807) is 0 Å². The van der Waals surface area contributed by atoms with Crippen LogP contribution in [0.2, 0.25) is 0 Å². The number of amides is 1. The number of carbonyl (C=O) groups excluding carboxylic acids is 1. The van der Waals surface area contributed by atoms with Crippen molar-refractivity contribution in [2.75, 3.05) is 22.9 Å². The highest BCUT2D eigenvalue weighted by molar-refractivity contribution is 7.92. The van der Waals surface area contributed by atoms with Crippen LogP contribution in [0.1, 0.15) is 5.56 Å². The largest absolute Gasteiger partial charge is 0.484 e. The van der Waals surface area contributed by atoms with Gasteiger partial charge in [-0.05, 0) is 42.5 Å². The Hall–Kier alpha value is -2.75. The number of carbonyl (C=O) groups is 1. The molecule has 2 N–H and O–H groups in total. The van der Waals surface area contributed by atoms with Crippen LogP contribution in [0.4, 0.5) is 24.5 Å². The summed E-state index contributed by atoms with van der Waals surface area (Å²) >= 11 is 0. The van der Waals surface area contributed by atoms with Crippen LogP contribution in [-0.2, 0) is 21.0 Å². The first-order valence-electron chi connectivity index (χ1n) is 7.21. The van der Waals surface area contributed by atoms with Gasteiger partial charge in [-0.15, -0.1) is 0 Å². The van der Waals surface area contributed by atoms with Crippen LogP contribution in [0.25, 0.3) is 0 Å². The Labute approximate surface area is 148 Å². The van der Waals surface area contributed by atoms with E-state index in [1.165, 1.54) is 36.4 Å². The summed E-state index contributed by atoms with van der Waals surface area (Å²) in [7, 11) is -3.40. The number of sulfonamides is 1. The van der Waals surface area contributed by atoms with E-state index in [9.17, 15) is 26.4 Å². The van der Waals surface area contributed by atoms with Crippen LogP contribution in [0.5, 0.6) is 5.75 Å². The molecule has 2 rings (SSSR count). The van der Waals surface area contributed by atoms with Crippen LogP contribution in [-0.4, -0.2) is 27.2 Å². The zero-order chi connectivity index (χ0) is 19.4. The van der Waals surface area contributed by atoms with Crippen LogP contribution in [0.15, 0.2) is 48.5 Å². The van der Waals surface area contributed by atoms with Crippen molar-refractivity contribution in [2.45, 2.75) is 6.18 Å². The summed E-state index contributed by atoms with van der Waals surface area (Å²) in [6.07, 6.45) is -3.49. The number of halogens is 3. The van der Waals surface area contributed by atoms with E-state index in [-0.39, 0.29) is 5.75 Å². The highest BCUT2D eigenvalue weighted by Gasteiger charge is 2.30. The van der Waals surface area contributed by atoms with E-state index < -0.39 is 34.3 Å². The molecule has 2 aromatic rings. The predicted molar refractivity (Wildman–Crippen MR) is 90.5 cm³/mol. The summed E-state index contributed by atoms with van der Waals surface area (Å²) in [6, 6.07) is 10.0. The van der Waals surface area contributed by atoms with Crippen molar-refractivity contribution in [3.63, 3.8) is 0 Å². The standard InChI is InChI=1S/C16H15F3N2O4S/c1-26(23,24)21-13-7-5-12(6-8-13)20-15(22)10-25-14-4-2-3-11(9-14)16(17,18)19/h2-9,21H,10H2,1H3,(H,20,22). The summed E-state index contributed by atoms with van der Waals surface area (Å²) in [5, 5.41) is 2.48. The molecule has 0 heterocycles. The van der Waals surface area contributed by atoms with Gasteiger partial charge in [0.1, 0.15) is 5.75 Å². The summed E-state index contributed by atoms with van der Waals surface area (Å²) < 4.78 is 67.4. The molecule has 0 fully saturated rings. The first kappa shape index (κ1) is 19.6. The monoisotopic (exact) mass is 388 g/mol. The van der Waals surface area contributed by atoms with Crippen LogP contribution in [0.3, 0.4) is 0 Å². The summed E-state index contributed by atoms with van der Waals surface area (Å²) in [6.45, 7) is -0.481.